The van der Waals surface area contributed by atoms with Crippen molar-refractivity contribution in [1.29, 1.82) is 0 Å². The van der Waals surface area contributed by atoms with Gasteiger partial charge in [0.25, 0.3) is 11.6 Å². The number of carbonyl (C=O) groups is 1. The number of nitro benzene ring substituents is 1. The SMILES string of the molecule is COc1ccc2c(c1OC)C(=O)N(c1ccc([N+](=O)[O-])cc1)C2. The number of anilines is 1. The van der Waals surface area contributed by atoms with Crippen molar-refractivity contribution in [3.05, 3.63) is 57.6 Å². The van der Waals surface area contributed by atoms with E-state index in [9.17, 15) is 14.9 Å². The van der Waals surface area contributed by atoms with Gasteiger partial charge in [0.05, 0.1) is 31.3 Å². The van der Waals surface area contributed by atoms with Gasteiger partial charge in [-0.2, -0.15) is 0 Å². The fraction of sp³-hybridized carbons (Fsp3) is 0.188. The number of amides is 1. The summed E-state index contributed by atoms with van der Waals surface area (Å²) in [5, 5.41) is 10.7. The Morgan fingerprint density at radius 3 is 2.35 bits per heavy atom. The molecule has 0 N–H and O–H groups in total. The van der Waals surface area contributed by atoms with E-state index in [4.69, 9.17) is 9.47 Å². The van der Waals surface area contributed by atoms with Gasteiger partial charge in [0.1, 0.15) is 0 Å². The molecule has 2 aromatic rings. The second kappa shape index (κ2) is 5.60. The standard InChI is InChI=1S/C16H14N2O5/c1-22-13-8-3-10-9-17(16(19)14(10)15(13)23-2)11-4-6-12(7-5-11)18(20)21/h3-8H,9H2,1-2H3. The van der Waals surface area contributed by atoms with Crippen LogP contribution >= 0.6 is 0 Å². The van der Waals surface area contributed by atoms with Gasteiger partial charge in [-0.25, -0.2) is 0 Å². The van der Waals surface area contributed by atoms with Crippen LogP contribution in [-0.4, -0.2) is 25.1 Å². The summed E-state index contributed by atoms with van der Waals surface area (Å²) in [6, 6.07) is 9.45. The molecule has 3 rings (SSSR count). The predicted molar refractivity (Wildman–Crippen MR) is 83.2 cm³/mol. The van der Waals surface area contributed by atoms with Crippen molar-refractivity contribution in [1.82, 2.24) is 0 Å². The molecule has 1 aliphatic rings. The summed E-state index contributed by atoms with van der Waals surface area (Å²) >= 11 is 0. The molecule has 118 valence electrons. The number of hydrogen-bond donors (Lipinski definition) is 0. The summed E-state index contributed by atoms with van der Waals surface area (Å²) in [5.74, 6) is 0.675. The highest BCUT2D eigenvalue weighted by atomic mass is 16.6. The quantitative estimate of drug-likeness (QED) is 0.640. The van der Waals surface area contributed by atoms with E-state index in [1.165, 1.54) is 26.4 Å². The molecule has 1 heterocycles. The van der Waals surface area contributed by atoms with Crippen LogP contribution in [0.25, 0.3) is 0 Å². The number of non-ortho nitro benzene ring substituents is 1. The average molecular weight is 314 g/mol. The molecule has 0 aromatic heterocycles. The number of carbonyl (C=O) groups excluding carboxylic acids is 1. The van der Waals surface area contributed by atoms with E-state index >= 15 is 0 Å². The first-order chi connectivity index (χ1) is 11.1. The molecule has 7 nitrogen and oxygen atoms in total. The Morgan fingerprint density at radius 1 is 1.09 bits per heavy atom. The molecule has 0 fully saturated rings. The number of benzene rings is 2. The topological polar surface area (TPSA) is 81.9 Å². The largest absolute Gasteiger partial charge is 0.493 e. The molecule has 1 aliphatic heterocycles. The molecular weight excluding hydrogens is 300 g/mol. The lowest BCUT2D eigenvalue weighted by Crippen LogP contribution is -2.23. The molecule has 7 heteroatoms. The molecule has 0 atom stereocenters. The van der Waals surface area contributed by atoms with E-state index in [2.05, 4.69) is 0 Å². The third-order valence-corrected chi connectivity index (χ3v) is 3.79. The highest BCUT2D eigenvalue weighted by Crippen LogP contribution is 2.39. The molecular formula is C16H14N2O5. The van der Waals surface area contributed by atoms with E-state index in [1.54, 1.807) is 23.1 Å². The predicted octanol–water partition coefficient (Wildman–Crippen LogP) is 2.77. The lowest BCUT2D eigenvalue weighted by atomic mass is 10.1. The molecule has 23 heavy (non-hydrogen) atoms. The molecule has 1 amide bonds. The van der Waals surface area contributed by atoms with E-state index in [0.29, 0.717) is 29.3 Å². The van der Waals surface area contributed by atoms with Crippen LogP contribution in [0.3, 0.4) is 0 Å². The Balaban J connectivity index is 1.99. The third-order valence-electron chi connectivity index (χ3n) is 3.79. The molecule has 0 aliphatic carbocycles. The Hall–Kier alpha value is -3.09. The zero-order chi connectivity index (χ0) is 16.6. The Labute approximate surface area is 132 Å². The van der Waals surface area contributed by atoms with E-state index in [-0.39, 0.29) is 11.6 Å². The Bertz CT molecular complexity index is 786. The van der Waals surface area contributed by atoms with Gasteiger partial charge in [0.2, 0.25) is 0 Å². The van der Waals surface area contributed by atoms with Gasteiger partial charge in [-0.05, 0) is 23.8 Å². The summed E-state index contributed by atoms with van der Waals surface area (Å²) in [5.41, 5.74) is 1.87. The van der Waals surface area contributed by atoms with E-state index in [0.717, 1.165) is 5.56 Å². The smallest absolute Gasteiger partial charge is 0.269 e. The minimum absolute atomic E-state index is 0.0165. The van der Waals surface area contributed by atoms with Crippen molar-refractivity contribution >= 4 is 17.3 Å². The molecule has 0 unspecified atom stereocenters. The summed E-state index contributed by atoms with van der Waals surface area (Å²) in [4.78, 5) is 24.5. The number of nitro groups is 1. The van der Waals surface area contributed by atoms with Crippen molar-refractivity contribution in [3.63, 3.8) is 0 Å². The zero-order valence-corrected chi connectivity index (χ0v) is 12.6. The lowest BCUT2D eigenvalue weighted by Gasteiger charge is -2.15. The number of methoxy groups -OCH3 is 2. The lowest BCUT2D eigenvalue weighted by molar-refractivity contribution is -0.384. The molecule has 0 saturated carbocycles. The summed E-state index contributed by atoms with van der Waals surface area (Å²) in [6.45, 7) is 0.381. The van der Waals surface area contributed by atoms with Gasteiger partial charge in [0, 0.05) is 17.8 Å². The Kier molecular flexibility index (Phi) is 3.61. The van der Waals surface area contributed by atoms with Crippen molar-refractivity contribution in [2.45, 2.75) is 6.54 Å². The first-order valence-electron chi connectivity index (χ1n) is 6.87. The molecule has 0 radical (unpaired) electrons. The van der Waals surface area contributed by atoms with Crippen molar-refractivity contribution in [2.75, 3.05) is 19.1 Å². The van der Waals surface area contributed by atoms with Crippen molar-refractivity contribution in [2.24, 2.45) is 0 Å². The number of fused-ring (bicyclic) bond motifs is 1. The number of rotatable bonds is 4. The number of nitrogens with zero attached hydrogens (tertiary/aromatic N) is 2. The van der Waals surface area contributed by atoms with Crippen LogP contribution in [0.15, 0.2) is 36.4 Å². The highest BCUT2D eigenvalue weighted by molar-refractivity contribution is 6.12. The van der Waals surface area contributed by atoms with Gasteiger partial charge < -0.3 is 14.4 Å². The minimum Gasteiger partial charge on any atom is -0.493 e. The molecule has 2 aromatic carbocycles. The second-order valence-electron chi connectivity index (χ2n) is 5.00. The van der Waals surface area contributed by atoms with Crippen LogP contribution < -0.4 is 14.4 Å². The first kappa shape index (κ1) is 14.8. The normalized spacial score (nSPS) is 13.0. The van der Waals surface area contributed by atoms with Crippen LogP contribution in [0.2, 0.25) is 0 Å². The van der Waals surface area contributed by atoms with Crippen molar-refractivity contribution in [3.8, 4) is 11.5 Å². The number of hydrogen-bond acceptors (Lipinski definition) is 5. The van der Waals surface area contributed by atoms with Gasteiger partial charge >= 0.3 is 0 Å². The van der Waals surface area contributed by atoms with Gasteiger partial charge in [0.15, 0.2) is 11.5 Å². The van der Waals surface area contributed by atoms with Gasteiger partial charge in [-0.1, -0.05) is 6.07 Å². The third kappa shape index (κ3) is 2.36. The summed E-state index contributed by atoms with van der Waals surface area (Å²) < 4.78 is 10.5. The Morgan fingerprint density at radius 2 is 1.78 bits per heavy atom. The summed E-state index contributed by atoms with van der Waals surface area (Å²) in [7, 11) is 3.00. The van der Waals surface area contributed by atoms with Crippen LogP contribution in [0.5, 0.6) is 11.5 Å². The van der Waals surface area contributed by atoms with Crippen LogP contribution in [0.4, 0.5) is 11.4 Å². The maximum Gasteiger partial charge on any atom is 0.269 e. The van der Waals surface area contributed by atoms with E-state index in [1.807, 2.05) is 6.07 Å². The molecule has 0 bridgehead atoms. The van der Waals surface area contributed by atoms with Crippen LogP contribution in [0.1, 0.15) is 15.9 Å². The van der Waals surface area contributed by atoms with Gasteiger partial charge in [-0.3, -0.25) is 14.9 Å². The van der Waals surface area contributed by atoms with E-state index < -0.39 is 4.92 Å². The monoisotopic (exact) mass is 314 g/mol. The highest BCUT2D eigenvalue weighted by Gasteiger charge is 2.33. The zero-order valence-electron chi connectivity index (χ0n) is 12.6. The first-order valence-corrected chi connectivity index (χ1v) is 6.87. The fourth-order valence-corrected chi connectivity index (χ4v) is 2.67. The van der Waals surface area contributed by atoms with Crippen molar-refractivity contribution < 1.29 is 19.2 Å². The summed E-state index contributed by atoms with van der Waals surface area (Å²) in [6.07, 6.45) is 0. The minimum atomic E-state index is -0.474. The molecule has 0 saturated heterocycles. The molecule has 0 spiro atoms. The second-order valence-corrected chi connectivity index (χ2v) is 5.00. The maximum absolute atomic E-state index is 12.7. The van der Waals surface area contributed by atoms with Gasteiger partial charge in [-0.15, -0.1) is 0 Å². The number of ether oxygens (including phenoxy) is 2. The average Bonchev–Trinajstić information content (AvgIpc) is 2.91. The van der Waals surface area contributed by atoms with Crippen LogP contribution in [0, 0.1) is 10.1 Å². The maximum atomic E-state index is 12.7. The fourth-order valence-electron chi connectivity index (χ4n) is 2.67. The van der Waals surface area contributed by atoms with Crippen LogP contribution in [-0.2, 0) is 6.54 Å².